The molecule has 9 nitrogen and oxygen atoms in total. The number of nitroso groups, excluding NO2 is 1. The Kier molecular flexibility index (Phi) is 17.5. The van der Waals surface area contributed by atoms with Gasteiger partial charge in [-0.1, -0.05) is 76.5 Å². The number of nitrogens with one attached hydrogen (secondary N) is 1. The molecule has 1 amide bonds. The van der Waals surface area contributed by atoms with Crippen molar-refractivity contribution in [1.82, 2.24) is 10.2 Å². The molecule has 1 atom stereocenters. The summed E-state index contributed by atoms with van der Waals surface area (Å²) in [5, 5.41) is 7.36. The predicted octanol–water partition coefficient (Wildman–Crippen LogP) is 8.86. The van der Waals surface area contributed by atoms with Crippen molar-refractivity contribution in [2.24, 2.45) is 21.9 Å². The van der Waals surface area contributed by atoms with E-state index >= 15 is 0 Å². The molecule has 1 saturated carbocycles. The maximum absolute atomic E-state index is 11.9. The van der Waals surface area contributed by atoms with Crippen LogP contribution in [0.2, 0.25) is 0 Å². The summed E-state index contributed by atoms with van der Waals surface area (Å²) in [7, 11) is 0. The van der Waals surface area contributed by atoms with Gasteiger partial charge in [-0.25, -0.2) is 0 Å². The Labute approximate surface area is 276 Å². The van der Waals surface area contributed by atoms with Crippen molar-refractivity contribution in [3.8, 4) is 11.5 Å². The molecule has 46 heavy (non-hydrogen) atoms. The molecule has 2 aliphatic rings. The number of benzene rings is 2. The van der Waals surface area contributed by atoms with Crippen LogP contribution in [0.5, 0.6) is 11.5 Å². The number of likely N-dealkylation sites (tertiary alicyclic amines) is 1. The van der Waals surface area contributed by atoms with Crippen LogP contribution in [0, 0.1) is 10.8 Å². The van der Waals surface area contributed by atoms with Crippen LogP contribution in [0.1, 0.15) is 86.0 Å². The van der Waals surface area contributed by atoms with Crippen molar-refractivity contribution in [2.45, 2.75) is 92.0 Å². The number of amides is 1. The number of carbonyl (C=O) groups excluding carboxylic acids is 1. The topological polar surface area (TPSA) is 113 Å². The van der Waals surface area contributed by atoms with Gasteiger partial charge in [0.1, 0.15) is 17.2 Å². The molecule has 1 unspecified atom stereocenters. The number of rotatable bonds is 13. The minimum absolute atomic E-state index is 0.143. The Bertz CT molecular complexity index is 1280. The first kappa shape index (κ1) is 37.8. The second kappa shape index (κ2) is 21.4. The lowest BCUT2D eigenvalue weighted by Gasteiger charge is -2.29. The van der Waals surface area contributed by atoms with Crippen molar-refractivity contribution in [1.29, 1.82) is 0 Å². The third kappa shape index (κ3) is 13.7. The minimum Gasteiger partial charge on any atom is -0.457 e. The van der Waals surface area contributed by atoms with Crippen LogP contribution in [-0.2, 0) is 4.79 Å². The zero-order valence-corrected chi connectivity index (χ0v) is 28.5. The van der Waals surface area contributed by atoms with Gasteiger partial charge in [-0.05, 0) is 94.5 Å². The highest BCUT2D eigenvalue weighted by Gasteiger charge is 2.24. The Morgan fingerprint density at radius 1 is 1.02 bits per heavy atom. The maximum atomic E-state index is 11.9. The van der Waals surface area contributed by atoms with E-state index in [9.17, 15) is 9.70 Å². The van der Waals surface area contributed by atoms with Gasteiger partial charge in [0, 0.05) is 18.8 Å². The molecule has 3 N–H and O–H groups in total. The standard InChI is InChI=1S/C24H28N6O3.C9H16.C4H10/c1-3-26-24(27-19-8-7-15-29(16-19)17-31)23(18(2)25)30(28-32)20-11-13-22(14-12-20)33-21-9-5-4-6-10-21;1-3-4-8(2)7-9-5-6-9;1-3-4-2/h3-6,9-14,17,19H,1,7-8,15-16,25H2,2H3,(H,26,27);7,9H,3-6H2,1-2H3;3-4H2,1-2H3/b23-18-;8-7-;. The highest BCUT2D eigenvalue weighted by atomic mass is 16.5. The molecule has 1 saturated heterocycles. The minimum atomic E-state index is -0.143. The third-order valence-corrected chi connectivity index (χ3v) is 7.37. The smallest absolute Gasteiger partial charge is 0.209 e. The number of ether oxygens (including phenoxy) is 1. The summed E-state index contributed by atoms with van der Waals surface area (Å²) in [4.78, 5) is 29.5. The first-order valence-corrected chi connectivity index (χ1v) is 16.5. The highest BCUT2D eigenvalue weighted by Crippen LogP contribution is 2.32. The summed E-state index contributed by atoms with van der Waals surface area (Å²) in [6, 6.07) is 16.2. The number of para-hydroxylation sites is 1. The molecule has 2 fully saturated rings. The average molecular weight is 631 g/mol. The number of amidine groups is 1. The number of carbonyl (C=O) groups is 1. The van der Waals surface area contributed by atoms with Crippen LogP contribution in [0.15, 0.2) is 101 Å². The van der Waals surface area contributed by atoms with Crippen LogP contribution in [-0.4, -0.2) is 36.3 Å². The number of nitrogens with zero attached hydrogens (tertiary/aromatic N) is 4. The molecular formula is C37H54N6O3. The largest absolute Gasteiger partial charge is 0.457 e. The number of anilines is 1. The van der Waals surface area contributed by atoms with Crippen LogP contribution in [0.25, 0.3) is 0 Å². The van der Waals surface area contributed by atoms with Crippen molar-refractivity contribution in [3.63, 3.8) is 0 Å². The number of allylic oxidation sites excluding steroid dienone is 3. The van der Waals surface area contributed by atoms with Gasteiger partial charge in [0.05, 0.1) is 17.0 Å². The van der Waals surface area contributed by atoms with Crippen molar-refractivity contribution >= 4 is 17.9 Å². The van der Waals surface area contributed by atoms with E-state index in [2.05, 4.69) is 51.0 Å². The Hall–Kier alpha value is -4.40. The van der Waals surface area contributed by atoms with E-state index < -0.39 is 0 Å². The first-order valence-electron chi connectivity index (χ1n) is 16.5. The van der Waals surface area contributed by atoms with Gasteiger partial charge in [0.2, 0.25) is 6.41 Å². The van der Waals surface area contributed by atoms with E-state index in [0.717, 1.165) is 25.2 Å². The van der Waals surface area contributed by atoms with E-state index in [1.165, 1.54) is 49.7 Å². The third-order valence-electron chi connectivity index (χ3n) is 7.37. The Morgan fingerprint density at radius 2 is 1.67 bits per heavy atom. The van der Waals surface area contributed by atoms with E-state index in [4.69, 9.17) is 15.5 Å². The molecule has 1 aliphatic heterocycles. The van der Waals surface area contributed by atoms with Gasteiger partial charge in [0.15, 0.2) is 5.84 Å². The van der Waals surface area contributed by atoms with Crippen molar-refractivity contribution in [3.05, 3.63) is 95.3 Å². The number of aliphatic imine (C=N–C) groups is 1. The van der Waals surface area contributed by atoms with Crippen molar-refractivity contribution in [2.75, 3.05) is 18.1 Å². The molecule has 0 bridgehead atoms. The lowest BCUT2D eigenvalue weighted by molar-refractivity contribution is -0.119. The lowest BCUT2D eigenvalue weighted by Crippen LogP contribution is -2.39. The summed E-state index contributed by atoms with van der Waals surface area (Å²) in [5.41, 5.74) is 8.90. The molecule has 0 aromatic heterocycles. The van der Waals surface area contributed by atoms with Crippen LogP contribution < -0.4 is 20.8 Å². The Morgan fingerprint density at radius 3 is 2.20 bits per heavy atom. The summed E-state index contributed by atoms with van der Waals surface area (Å²) in [6.45, 7) is 15.4. The molecule has 4 rings (SSSR count). The molecule has 9 heteroatoms. The maximum Gasteiger partial charge on any atom is 0.209 e. The molecule has 2 aromatic carbocycles. The second-order valence-corrected chi connectivity index (χ2v) is 11.7. The highest BCUT2D eigenvalue weighted by molar-refractivity contribution is 6.02. The van der Waals surface area contributed by atoms with Crippen molar-refractivity contribution < 1.29 is 9.53 Å². The van der Waals surface area contributed by atoms with Gasteiger partial charge < -0.3 is 20.7 Å². The summed E-state index contributed by atoms with van der Waals surface area (Å²) in [5.74, 6) is 2.64. The second-order valence-electron chi connectivity index (χ2n) is 11.7. The van der Waals surface area contributed by atoms with E-state index in [1.807, 2.05) is 30.3 Å². The molecule has 0 spiro atoms. The lowest BCUT2D eigenvalue weighted by atomic mass is 10.1. The SMILES string of the molecule is C=CNC(=NC1CCCN(C=O)C1)/C(=C(\C)N)N(N=O)c1ccc(Oc2ccccc2)cc1.CCC/C(C)=C\C1CC1.CCCC. The molecule has 2 aromatic rings. The fraction of sp³-hybridized carbons (Fsp3) is 0.459. The van der Waals surface area contributed by atoms with E-state index in [0.29, 0.717) is 47.5 Å². The normalized spacial score (nSPS) is 16.8. The van der Waals surface area contributed by atoms with E-state index in [-0.39, 0.29) is 6.04 Å². The molecule has 250 valence electrons. The number of piperidine rings is 1. The summed E-state index contributed by atoms with van der Waals surface area (Å²) < 4.78 is 5.82. The van der Waals surface area contributed by atoms with Crippen LogP contribution in [0.3, 0.4) is 0 Å². The fourth-order valence-electron chi connectivity index (χ4n) is 4.72. The van der Waals surface area contributed by atoms with Gasteiger partial charge in [-0.3, -0.25) is 9.79 Å². The number of hydrogen-bond acceptors (Lipinski definition) is 6. The van der Waals surface area contributed by atoms with Crippen LogP contribution in [0.4, 0.5) is 5.69 Å². The van der Waals surface area contributed by atoms with Gasteiger partial charge in [0.25, 0.3) is 0 Å². The predicted molar refractivity (Wildman–Crippen MR) is 192 cm³/mol. The zero-order valence-electron chi connectivity index (χ0n) is 28.5. The zero-order chi connectivity index (χ0) is 33.7. The quantitative estimate of drug-likeness (QED) is 0.0571. The molecule has 0 radical (unpaired) electrons. The molecule has 1 heterocycles. The van der Waals surface area contributed by atoms with Crippen LogP contribution >= 0.6 is 0 Å². The fourth-order valence-corrected chi connectivity index (χ4v) is 4.72. The van der Waals surface area contributed by atoms with E-state index in [1.54, 1.807) is 41.7 Å². The van der Waals surface area contributed by atoms with Gasteiger partial charge in [-0.2, -0.15) is 5.01 Å². The van der Waals surface area contributed by atoms with Gasteiger partial charge in [-0.15, -0.1) is 4.91 Å². The summed E-state index contributed by atoms with van der Waals surface area (Å²) in [6.07, 6.45) is 14.5. The molecule has 1 aliphatic carbocycles. The molecular weight excluding hydrogens is 576 g/mol. The summed E-state index contributed by atoms with van der Waals surface area (Å²) >= 11 is 0. The number of nitrogens with two attached hydrogens (primary N) is 1. The first-order chi connectivity index (χ1) is 22.3. The Balaban J connectivity index is 0.000000471. The van der Waals surface area contributed by atoms with Gasteiger partial charge >= 0.3 is 0 Å². The number of hydrogen-bond donors (Lipinski definition) is 2. The average Bonchev–Trinajstić information content (AvgIpc) is 3.89. The number of unbranched alkanes of at least 4 members (excludes halogenated alkanes) is 1. The monoisotopic (exact) mass is 630 g/mol.